The number of fused-ring (bicyclic) bond motifs is 1. The Bertz CT molecular complexity index is 1110. The first-order chi connectivity index (χ1) is 14.4. The lowest BCUT2D eigenvalue weighted by Gasteiger charge is -2.25. The van der Waals surface area contributed by atoms with Gasteiger partial charge in [0, 0.05) is 30.5 Å². The van der Waals surface area contributed by atoms with Crippen molar-refractivity contribution in [2.45, 2.75) is 25.4 Å². The van der Waals surface area contributed by atoms with Gasteiger partial charge in [-0.2, -0.15) is 0 Å². The van der Waals surface area contributed by atoms with E-state index in [0.29, 0.717) is 11.9 Å². The Balaban J connectivity index is 1.39. The Morgan fingerprint density at radius 1 is 0.931 bits per heavy atom. The van der Waals surface area contributed by atoms with Crippen LogP contribution in [0.25, 0.3) is 10.9 Å². The van der Waals surface area contributed by atoms with Crippen molar-refractivity contribution in [3.05, 3.63) is 84.6 Å². The van der Waals surface area contributed by atoms with E-state index in [1.54, 1.807) is 18.6 Å². The topological polar surface area (TPSA) is 66.8 Å². The summed E-state index contributed by atoms with van der Waals surface area (Å²) in [4.78, 5) is 20.3. The highest BCUT2D eigenvalue weighted by Crippen LogP contribution is 2.33. The van der Waals surface area contributed by atoms with Gasteiger partial charge in [-0.3, -0.25) is 14.9 Å². The quantitative estimate of drug-likeness (QED) is 0.548. The van der Waals surface area contributed by atoms with Gasteiger partial charge < -0.3 is 5.32 Å². The summed E-state index contributed by atoms with van der Waals surface area (Å²) in [5, 5.41) is 4.47. The van der Waals surface area contributed by atoms with Crippen molar-refractivity contribution in [1.29, 1.82) is 0 Å². The molecule has 6 nitrogen and oxygen atoms in total. The number of hydrogen-bond acceptors (Lipinski definition) is 6. The average molecular weight is 382 g/mol. The first-order valence-corrected chi connectivity index (χ1v) is 9.93. The van der Waals surface area contributed by atoms with Crippen LogP contribution in [0.2, 0.25) is 0 Å². The van der Waals surface area contributed by atoms with Crippen LogP contribution in [-0.4, -0.2) is 31.4 Å². The molecule has 0 amide bonds. The van der Waals surface area contributed by atoms with Crippen LogP contribution < -0.4 is 5.32 Å². The third kappa shape index (κ3) is 3.79. The van der Waals surface area contributed by atoms with Gasteiger partial charge in [-0.25, -0.2) is 9.97 Å². The fraction of sp³-hybridized carbons (Fsp3) is 0.217. The molecule has 144 valence electrons. The van der Waals surface area contributed by atoms with Gasteiger partial charge in [0.15, 0.2) is 0 Å². The van der Waals surface area contributed by atoms with Crippen LogP contribution in [0, 0.1) is 0 Å². The summed E-state index contributed by atoms with van der Waals surface area (Å²) in [5.74, 6) is 1.49. The zero-order chi connectivity index (χ0) is 19.5. The maximum Gasteiger partial charge on any atom is 0.150 e. The number of aromatic nitrogens is 4. The van der Waals surface area contributed by atoms with Gasteiger partial charge in [-0.1, -0.05) is 24.3 Å². The van der Waals surface area contributed by atoms with E-state index < -0.39 is 0 Å². The van der Waals surface area contributed by atoms with Gasteiger partial charge >= 0.3 is 0 Å². The van der Waals surface area contributed by atoms with E-state index in [2.05, 4.69) is 61.6 Å². The lowest BCUT2D eigenvalue weighted by molar-refractivity contribution is 0.245. The van der Waals surface area contributed by atoms with Gasteiger partial charge in [-0.15, -0.1) is 0 Å². The molecule has 4 aromatic rings. The highest BCUT2D eigenvalue weighted by molar-refractivity contribution is 5.81. The van der Waals surface area contributed by atoms with Crippen molar-refractivity contribution in [3.63, 3.8) is 0 Å². The number of anilines is 2. The van der Waals surface area contributed by atoms with Crippen LogP contribution in [0.3, 0.4) is 0 Å². The minimum Gasteiger partial charge on any atom is -0.324 e. The van der Waals surface area contributed by atoms with Crippen molar-refractivity contribution in [2.24, 2.45) is 0 Å². The molecule has 1 aromatic carbocycles. The fourth-order valence-corrected chi connectivity index (χ4v) is 4.08. The molecule has 5 rings (SSSR count). The fourth-order valence-electron chi connectivity index (χ4n) is 4.08. The summed E-state index contributed by atoms with van der Waals surface area (Å²) in [6, 6.07) is 17.0. The second-order valence-electron chi connectivity index (χ2n) is 7.28. The molecule has 29 heavy (non-hydrogen) atoms. The molecule has 0 aliphatic carbocycles. The van der Waals surface area contributed by atoms with E-state index in [1.807, 2.05) is 18.3 Å². The molecule has 0 bridgehead atoms. The maximum atomic E-state index is 4.87. The minimum absolute atomic E-state index is 0.311. The van der Waals surface area contributed by atoms with E-state index in [0.717, 1.165) is 36.5 Å². The molecule has 0 radical (unpaired) electrons. The van der Waals surface area contributed by atoms with E-state index in [-0.39, 0.29) is 0 Å². The molecule has 0 spiro atoms. The molecule has 1 atom stereocenters. The monoisotopic (exact) mass is 382 g/mol. The zero-order valence-electron chi connectivity index (χ0n) is 16.1. The second-order valence-corrected chi connectivity index (χ2v) is 7.28. The summed E-state index contributed by atoms with van der Waals surface area (Å²) < 4.78 is 0. The van der Waals surface area contributed by atoms with Crippen molar-refractivity contribution < 1.29 is 0 Å². The summed E-state index contributed by atoms with van der Waals surface area (Å²) in [6.07, 6.45) is 9.18. The van der Waals surface area contributed by atoms with Crippen LogP contribution in [0.4, 0.5) is 11.6 Å². The zero-order valence-corrected chi connectivity index (χ0v) is 16.1. The summed E-state index contributed by atoms with van der Waals surface area (Å²) in [5.41, 5.74) is 3.46. The predicted molar refractivity (Wildman–Crippen MR) is 114 cm³/mol. The van der Waals surface area contributed by atoms with E-state index in [4.69, 9.17) is 4.98 Å². The minimum atomic E-state index is 0.311. The van der Waals surface area contributed by atoms with Gasteiger partial charge in [0.05, 0.1) is 23.4 Å². The molecule has 3 aromatic heterocycles. The molecule has 6 heteroatoms. The van der Waals surface area contributed by atoms with Crippen molar-refractivity contribution >= 4 is 22.5 Å². The van der Waals surface area contributed by atoms with Gasteiger partial charge in [0.1, 0.15) is 11.6 Å². The average Bonchev–Trinajstić information content (AvgIpc) is 3.23. The Kier molecular flexibility index (Phi) is 4.84. The van der Waals surface area contributed by atoms with Crippen molar-refractivity contribution in [1.82, 2.24) is 24.8 Å². The van der Waals surface area contributed by atoms with Crippen LogP contribution in [0.5, 0.6) is 0 Å². The Hall–Kier alpha value is -3.38. The number of benzene rings is 1. The van der Waals surface area contributed by atoms with Gasteiger partial charge in [0.25, 0.3) is 0 Å². The highest BCUT2D eigenvalue weighted by Gasteiger charge is 2.27. The number of likely N-dealkylation sites (tertiary alicyclic amines) is 1. The van der Waals surface area contributed by atoms with Crippen LogP contribution in [-0.2, 0) is 6.54 Å². The van der Waals surface area contributed by atoms with Gasteiger partial charge in [0.2, 0.25) is 0 Å². The molecule has 1 N–H and O–H groups in total. The largest absolute Gasteiger partial charge is 0.324 e. The molecule has 0 unspecified atom stereocenters. The standard InChI is InChI=1S/C23H22N6/c1-5-17(18-6-3-11-25-19(18)7-1)16-29-14-4-9-21(29)20-8-2-10-22(27-20)28-23-15-24-12-13-26-23/h1-3,5-8,10-13,15,21H,4,9,14,16H2,(H,26,27,28)/t21-/m1/s1. The molecule has 1 fully saturated rings. The summed E-state index contributed by atoms with van der Waals surface area (Å²) in [6.45, 7) is 1.97. The smallest absolute Gasteiger partial charge is 0.150 e. The van der Waals surface area contributed by atoms with E-state index in [9.17, 15) is 0 Å². The molecular weight excluding hydrogens is 360 g/mol. The lowest BCUT2D eigenvalue weighted by atomic mass is 10.1. The normalized spacial score (nSPS) is 16.9. The summed E-state index contributed by atoms with van der Waals surface area (Å²) >= 11 is 0. The third-order valence-electron chi connectivity index (χ3n) is 5.40. The SMILES string of the molecule is c1cc(Nc2cnccn2)nc([C@H]2CCCN2Cc2cccc3ncccc23)c1. The van der Waals surface area contributed by atoms with Crippen molar-refractivity contribution in [3.8, 4) is 0 Å². The molecule has 1 aliphatic heterocycles. The maximum absolute atomic E-state index is 4.87. The molecular formula is C23H22N6. The lowest BCUT2D eigenvalue weighted by Crippen LogP contribution is -2.23. The first-order valence-electron chi connectivity index (χ1n) is 9.93. The van der Waals surface area contributed by atoms with E-state index in [1.165, 1.54) is 17.4 Å². The molecule has 1 aliphatic rings. The van der Waals surface area contributed by atoms with Crippen LogP contribution in [0.15, 0.2) is 73.3 Å². The van der Waals surface area contributed by atoms with Crippen molar-refractivity contribution in [2.75, 3.05) is 11.9 Å². The Morgan fingerprint density at radius 3 is 2.83 bits per heavy atom. The number of hydrogen-bond donors (Lipinski definition) is 1. The number of rotatable bonds is 5. The number of nitrogens with one attached hydrogen (secondary N) is 1. The molecule has 0 saturated carbocycles. The van der Waals surface area contributed by atoms with Crippen LogP contribution >= 0.6 is 0 Å². The molecule has 4 heterocycles. The predicted octanol–water partition coefficient (Wildman–Crippen LogP) is 4.50. The number of pyridine rings is 2. The third-order valence-corrected chi connectivity index (χ3v) is 5.40. The molecule has 1 saturated heterocycles. The number of nitrogens with zero attached hydrogens (tertiary/aromatic N) is 5. The van der Waals surface area contributed by atoms with Gasteiger partial charge in [-0.05, 0) is 49.2 Å². The van der Waals surface area contributed by atoms with E-state index >= 15 is 0 Å². The first kappa shape index (κ1) is 17.7. The highest BCUT2D eigenvalue weighted by atomic mass is 15.2. The Morgan fingerprint density at radius 2 is 1.90 bits per heavy atom. The Labute approximate surface area is 169 Å². The summed E-state index contributed by atoms with van der Waals surface area (Å²) in [7, 11) is 0. The second kappa shape index (κ2) is 7.93. The van der Waals surface area contributed by atoms with Crippen LogP contribution in [0.1, 0.15) is 30.1 Å².